The summed E-state index contributed by atoms with van der Waals surface area (Å²) in [4.78, 5) is 4.75. The first-order valence-corrected chi connectivity index (χ1v) is 8.69. The molecule has 3 rings (SSSR count). The summed E-state index contributed by atoms with van der Waals surface area (Å²) < 4.78 is 3.38. The van der Waals surface area contributed by atoms with Crippen LogP contribution in [0.25, 0.3) is 11.0 Å². The van der Waals surface area contributed by atoms with Gasteiger partial charge in [-0.25, -0.2) is 4.98 Å². The first-order valence-electron chi connectivity index (χ1n) is 7.46. The van der Waals surface area contributed by atoms with E-state index in [1.165, 1.54) is 5.52 Å². The molecule has 1 fully saturated rings. The molecule has 1 atom stereocenters. The molecule has 0 amide bonds. The van der Waals surface area contributed by atoms with Crippen molar-refractivity contribution in [3.05, 3.63) is 28.5 Å². The van der Waals surface area contributed by atoms with Gasteiger partial charge in [0.15, 0.2) is 0 Å². The summed E-state index contributed by atoms with van der Waals surface area (Å²) in [6, 6.07) is 6.28. The first-order chi connectivity index (χ1) is 9.66. The molecule has 1 saturated carbocycles. The van der Waals surface area contributed by atoms with Crippen molar-refractivity contribution in [3.63, 3.8) is 0 Å². The second-order valence-electron chi connectivity index (χ2n) is 7.33. The summed E-state index contributed by atoms with van der Waals surface area (Å²) in [6.07, 6.45) is 0. The van der Waals surface area contributed by atoms with Gasteiger partial charge in [0.25, 0.3) is 0 Å². The third kappa shape index (κ3) is 2.24. The van der Waals surface area contributed by atoms with Gasteiger partial charge < -0.3 is 4.57 Å². The molecule has 1 unspecified atom stereocenters. The number of nitrogens with zero attached hydrogens (tertiary/aromatic N) is 2. The van der Waals surface area contributed by atoms with E-state index in [4.69, 9.17) is 16.6 Å². The van der Waals surface area contributed by atoms with Gasteiger partial charge in [-0.1, -0.05) is 43.6 Å². The predicted molar refractivity (Wildman–Crippen MR) is 92.8 cm³/mol. The molecule has 1 aromatic carbocycles. The fourth-order valence-corrected chi connectivity index (χ4v) is 4.10. The van der Waals surface area contributed by atoms with Gasteiger partial charge in [-0.05, 0) is 41.9 Å². The maximum absolute atomic E-state index is 6.37. The number of benzene rings is 1. The van der Waals surface area contributed by atoms with Crippen molar-refractivity contribution in [2.24, 2.45) is 16.7 Å². The Morgan fingerprint density at radius 1 is 1.29 bits per heavy atom. The fourth-order valence-electron chi connectivity index (χ4n) is 3.59. The second kappa shape index (κ2) is 4.73. The highest BCUT2D eigenvalue weighted by Gasteiger charge is 2.64. The molecule has 0 saturated heterocycles. The monoisotopic (exact) mass is 368 g/mol. The summed E-state index contributed by atoms with van der Waals surface area (Å²) in [5.41, 5.74) is 2.93. The van der Waals surface area contributed by atoms with Crippen molar-refractivity contribution < 1.29 is 0 Å². The normalized spacial score (nSPS) is 21.7. The molecule has 21 heavy (non-hydrogen) atoms. The Morgan fingerprint density at radius 3 is 2.43 bits per heavy atom. The lowest BCUT2D eigenvalue weighted by Crippen LogP contribution is -2.09. The van der Waals surface area contributed by atoms with Crippen LogP contribution in [-0.4, -0.2) is 9.55 Å². The topological polar surface area (TPSA) is 17.8 Å². The number of rotatable bonds is 3. The van der Waals surface area contributed by atoms with E-state index < -0.39 is 0 Å². The standard InChI is InChI=1S/C17H22BrClN2/c1-10(19)15-20-12-8-11(18)6-7-13(12)21(15)9-14-16(2,3)17(14,4)5/h6-8,10,14H,9H2,1-5H3. The van der Waals surface area contributed by atoms with Crippen LogP contribution in [0.1, 0.15) is 45.8 Å². The average Bonchev–Trinajstić information content (AvgIpc) is 2.70. The molecule has 114 valence electrons. The molecule has 4 heteroatoms. The Labute approximate surface area is 140 Å². The number of fused-ring (bicyclic) bond motifs is 1. The highest BCUT2D eigenvalue weighted by Crippen LogP contribution is 2.69. The van der Waals surface area contributed by atoms with Crippen LogP contribution in [-0.2, 0) is 6.54 Å². The summed E-state index contributed by atoms with van der Waals surface area (Å²) in [7, 11) is 0. The molecule has 1 heterocycles. The largest absolute Gasteiger partial charge is 0.326 e. The zero-order valence-electron chi connectivity index (χ0n) is 13.2. The molecule has 0 N–H and O–H groups in total. The van der Waals surface area contributed by atoms with E-state index in [0.29, 0.717) is 16.7 Å². The van der Waals surface area contributed by atoms with Crippen LogP contribution in [0.4, 0.5) is 0 Å². The van der Waals surface area contributed by atoms with Gasteiger partial charge in [0.2, 0.25) is 0 Å². The molecular formula is C17H22BrClN2. The number of imidazole rings is 1. The minimum Gasteiger partial charge on any atom is -0.326 e. The van der Waals surface area contributed by atoms with Crippen LogP contribution in [0.3, 0.4) is 0 Å². The highest BCUT2D eigenvalue weighted by atomic mass is 79.9. The summed E-state index contributed by atoms with van der Waals surface area (Å²) in [5.74, 6) is 1.63. The smallest absolute Gasteiger partial charge is 0.127 e. The van der Waals surface area contributed by atoms with Crippen LogP contribution in [0.15, 0.2) is 22.7 Å². The Morgan fingerprint density at radius 2 is 1.90 bits per heavy atom. The van der Waals surface area contributed by atoms with Gasteiger partial charge >= 0.3 is 0 Å². The van der Waals surface area contributed by atoms with Crippen molar-refractivity contribution in [2.45, 2.75) is 46.5 Å². The summed E-state index contributed by atoms with van der Waals surface area (Å²) >= 11 is 9.89. The molecule has 0 radical (unpaired) electrons. The van der Waals surface area contributed by atoms with E-state index in [1.807, 2.05) is 6.92 Å². The number of hydrogen-bond donors (Lipinski definition) is 0. The second-order valence-corrected chi connectivity index (χ2v) is 8.90. The van der Waals surface area contributed by atoms with Crippen LogP contribution < -0.4 is 0 Å². The van der Waals surface area contributed by atoms with Crippen molar-refractivity contribution in [1.29, 1.82) is 0 Å². The quantitative estimate of drug-likeness (QED) is 0.627. The van der Waals surface area contributed by atoms with Gasteiger partial charge in [-0.3, -0.25) is 0 Å². The third-order valence-corrected chi connectivity index (χ3v) is 6.47. The first kappa shape index (κ1) is 15.4. The van der Waals surface area contributed by atoms with Gasteiger partial charge in [0.05, 0.1) is 16.4 Å². The van der Waals surface area contributed by atoms with Gasteiger partial charge in [-0.15, -0.1) is 11.6 Å². The Balaban J connectivity index is 2.07. The Bertz CT molecular complexity index is 686. The minimum atomic E-state index is -0.0823. The number of aromatic nitrogens is 2. The predicted octanol–water partition coefficient (Wildman–Crippen LogP) is 5.78. The molecule has 0 bridgehead atoms. The Kier molecular flexibility index (Phi) is 3.46. The van der Waals surface area contributed by atoms with Gasteiger partial charge in [0.1, 0.15) is 5.82 Å². The van der Waals surface area contributed by atoms with Crippen LogP contribution >= 0.6 is 27.5 Å². The van der Waals surface area contributed by atoms with Crippen LogP contribution in [0, 0.1) is 16.7 Å². The maximum Gasteiger partial charge on any atom is 0.127 e. The molecular weight excluding hydrogens is 348 g/mol. The minimum absolute atomic E-state index is 0.0823. The lowest BCUT2D eigenvalue weighted by molar-refractivity contribution is 0.457. The van der Waals surface area contributed by atoms with Crippen molar-refractivity contribution in [1.82, 2.24) is 9.55 Å². The van der Waals surface area contributed by atoms with Gasteiger partial charge in [-0.2, -0.15) is 0 Å². The Hall–Kier alpha value is -0.540. The van der Waals surface area contributed by atoms with E-state index in [9.17, 15) is 0 Å². The number of halogens is 2. The number of alkyl halides is 1. The van der Waals surface area contributed by atoms with Crippen LogP contribution in [0.5, 0.6) is 0 Å². The average molecular weight is 370 g/mol. The van der Waals surface area contributed by atoms with Crippen molar-refractivity contribution in [3.8, 4) is 0 Å². The van der Waals surface area contributed by atoms with Gasteiger partial charge in [0, 0.05) is 11.0 Å². The molecule has 1 aromatic heterocycles. The van der Waals surface area contributed by atoms with Crippen LogP contribution in [0.2, 0.25) is 0 Å². The SMILES string of the molecule is CC(Cl)c1nc2cc(Br)ccc2n1CC1C(C)(C)C1(C)C. The van der Waals surface area contributed by atoms with Crippen molar-refractivity contribution >= 4 is 38.6 Å². The van der Waals surface area contributed by atoms with E-state index in [2.05, 4.69) is 66.4 Å². The zero-order chi connectivity index (χ0) is 15.6. The molecule has 0 spiro atoms. The molecule has 0 aliphatic heterocycles. The van der Waals surface area contributed by atoms with E-state index in [0.717, 1.165) is 22.4 Å². The number of hydrogen-bond acceptors (Lipinski definition) is 1. The third-order valence-electron chi connectivity index (χ3n) is 5.78. The molecule has 2 nitrogen and oxygen atoms in total. The fraction of sp³-hybridized carbons (Fsp3) is 0.588. The van der Waals surface area contributed by atoms with E-state index in [1.54, 1.807) is 0 Å². The molecule has 1 aliphatic rings. The molecule has 2 aromatic rings. The van der Waals surface area contributed by atoms with Crippen molar-refractivity contribution in [2.75, 3.05) is 0 Å². The summed E-state index contributed by atoms with van der Waals surface area (Å²) in [5, 5.41) is -0.0823. The molecule has 1 aliphatic carbocycles. The zero-order valence-corrected chi connectivity index (χ0v) is 15.6. The summed E-state index contributed by atoms with van der Waals surface area (Å²) in [6.45, 7) is 12.4. The lowest BCUT2D eigenvalue weighted by Gasteiger charge is -2.12. The van der Waals surface area contributed by atoms with E-state index >= 15 is 0 Å². The highest BCUT2D eigenvalue weighted by molar-refractivity contribution is 9.10. The van der Waals surface area contributed by atoms with E-state index in [-0.39, 0.29) is 5.38 Å². The maximum atomic E-state index is 6.37. The lowest BCUT2D eigenvalue weighted by atomic mass is 10.0.